The van der Waals surface area contributed by atoms with Gasteiger partial charge < -0.3 is 19.3 Å². The zero-order valence-corrected chi connectivity index (χ0v) is 61.8. The van der Waals surface area contributed by atoms with Crippen LogP contribution in [0.15, 0.2) is 365 Å². The molecule has 0 fully saturated rings. The number of ether oxygens (including phenoxy) is 2. The number of nitrogens with zero attached hydrogens (tertiary/aromatic N) is 2. The fraction of sp³-hybridized carbons (Fsp3) is 0.0476. The zero-order valence-electron chi connectivity index (χ0n) is 61.8. The second-order valence-corrected chi connectivity index (χ2v) is 29.7. The lowest BCUT2D eigenvalue weighted by atomic mass is 9.67. The van der Waals surface area contributed by atoms with Crippen molar-refractivity contribution in [1.82, 2.24) is 0 Å². The molecule has 113 heavy (non-hydrogen) atoms. The first-order chi connectivity index (χ1) is 55.3. The number of fused-ring (bicyclic) bond motifs is 16. The molecule has 16 aromatic carbocycles. The first-order valence-electron chi connectivity index (χ1n) is 38.0. The van der Waals surface area contributed by atoms with E-state index < -0.39 is 16.2 Å². The monoisotopic (exact) mass is 1470 g/mol. The Bertz CT molecular complexity index is 6150. The van der Waals surface area contributed by atoms with Crippen molar-refractivity contribution < 1.29 is 27.0 Å². The molecule has 4 aliphatic rings. The van der Waals surface area contributed by atoms with E-state index in [1.807, 2.05) is 121 Å². The maximum absolute atomic E-state index is 16.0. The summed E-state index contributed by atoms with van der Waals surface area (Å²) in [7, 11) is 0. The molecule has 8 heteroatoms. The van der Waals surface area contributed by atoms with E-state index in [1.165, 1.54) is 0 Å². The molecule has 16 aromatic rings. The summed E-state index contributed by atoms with van der Waals surface area (Å²) in [6, 6.07) is 118. The number of anilines is 6. The van der Waals surface area contributed by atoms with E-state index >= 15 is 17.6 Å². The standard InChI is InChI=1S/C105H70F4N2O2/c1-5-67-23-45-81(46-24-67)112-83-49-31-71(32-50-83)103(69-27-35-73(106)36-28-69)93-19-11-7-15-85(93)89-53-39-77(61-97(89)103)110(75-43-57-101(108)65(3)59-75)79-41-55-91-87-17-9-13-21-95(87)105(99(91)63-79)96-22-14-10-18-88(96)92-56-42-80(64-100(92)105)111(76-44-58-102(109)66(4)60-76)78-40-54-90-86-16-8-12-20-94(86)104(98(90)62-78,70-29-37-74(107)38-30-70)72-33-51-84(52-34-72)113-82-47-25-68(6-2)26-48-82/h5-64H,1-2H2,3-4H3. The summed E-state index contributed by atoms with van der Waals surface area (Å²) in [5.41, 5.74) is 25.4. The second kappa shape index (κ2) is 26.6. The molecule has 0 saturated carbocycles. The number of hydrogen-bond acceptors (Lipinski definition) is 4. The predicted octanol–water partition coefficient (Wildman–Crippen LogP) is 27.7. The maximum atomic E-state index is 16.0. The summed E-state index contributed by atoms with van der Waals surface area (Å²) in [5, 5.41) is 0. The van der Waals surface area contributed by atoms with Crippen LogP contribution >= 0.6 is 0 Å². The molecule has 0 bridgehead atoms. The average Bonchev–Trinajstić information content (AvgIpc) is 1.53. The highest BCUT2D eigenvalue weighted by Gasteiger charge is 2.53. The molecule has 0 heterocycles. The van der Waals surface area contributed by atoms with Crippen LogP contribution in [-0.4, -0.2) is 0 Å². The molecule has 0 N–H and O–H groups in total. The highest BCUT2D eigenvalue weighted by atomic mass is 19.1. The molecule has 2 atom stereocenters. The fourth-order valence-electron chi connectivity index (χ4n) is 18.8. The third kappa shape index (κ3) is 10.6. The number of halogens is 4. The van der Waals surface area contributed by atoms with E-state index in [0.717, 1.165) is 157 Å². The first kappa shape index (κ1) is 68.2. The van der Waals surface area contributed by atoms with Crippen molar-refractivity contribution in [2.45, 2.75) is 30.1 Å². The lowest BCUT2D eigenvalue weighted by Gasteiger charge is -2.36. The Morgan fingerprint density at radius 2 is 0.487 bits per heavy atom. The fourth-order valence-corrected chi connectivity index (χ4v) is 18.8. The van der Waals surface area contributed by atoms with Crippen molar-refractivity contribution in [3.05, 3.63) is 477 Å². The second-order valence-electron chi connectivity index (χ2n) is 29.7. The van der Waals surface area contributed by atoms with Gasteiger partial charge in [0.25, 0.3) is 0 Å². The minimum atomic E-state index is -0.970. The molecular weight excluding hydrogens is 1400 g/mol. The van der Waals surface area contributed by atoms with Crippen LogP contribution in [0.25, 0.3) is 56.7 Å². The van der Waals surface area contributed by atoms with Crippen LogP contribution in [0.3, 0.4) is 0 Å². The normalized spacial score (nSPS) is 16.1. The smallest absolute Gasteiger partial charge is 0.127 e. The van der Waals surface area contributed by atoms with Crippen LogP contribution in [-0.2, 0) is 16.2 Å². The average molecular weight is 1470 g/mol. The molecule has 2 unspecified atom stereocenters. The molecule has 1 spiro atoms. The summed E-state index contributed by atoms with van der Waals surface area (Å²) in [4.78, 5) is 4.49. The highest BCUT2D eigenvalue weighted by Crippen LogP contribution is 2.66. The first-order valence-corrected chi connectivity index (χ1v) is 38.0. The summed E-state index contributed by atoms with van der Waals surface area (Å²) in [5.74, 6) is 1.36. The van der Waals surface area contributed by atoms with Crippen LogP contribution in [0.4, 0.5) is 51.7 Å². The Morgan fingerprint density at radius 3 is 0.779 bits per heavy atom. The Hall–Kier alpha value is -14.1. The Labute approximate surface area is 654 Å². The van der Waals surface area contributed by atoms with Gasteiger partial charge in [-0.1, -0.05) is 219 Å². The van der Waals surface area contributed by atoms with Crippen molar-refractivity contribution in [2.75, 3.05) is 9.80 Å². The van der Waals surface area contributed by atoms with Crippen molar-refractivity contribution in [3.8, 4) is 67.5 Å². The molecular formula is C105H70F4N2O2. The number of rotatable bonds is 16. The van der Waals surface area contributed by atoms with Gasteiger partial charge in [-0.15, -0.1) is 0 Å². The van der Waals surface area contributed by atoms with Gasteiger partial charge in [0.15, 0.2) is 0 Å². The Kier molecular flexibility index (Phi) is 16.1. The van der Waals surface area contributed by atoms with E-state index in [2.05, 4.69) is 217 Å². The zero-order chi connectivity index (χ0) is 76.4. The van der Waals surface area contributed by atoms with Gasteiger partial charge in [-0.3, -0.25) is 0 Å². The number of hydrogen-bond donors (Lipinski definition) is 0. The van der Waals surface area contributed by atoms with Crippen molar-refractivity contribution in [2.24, 2.45) is 0 Å². The molecule has 4 aliphatic carbocycles. The van der Waals surface area contributed by atoms with E-state index in [4.69, 9.17) is 9.47 Å². The van der Waals surface area contributed by atoms with Crippen LogP contribution in [0.2, 0.25) is 0 Å². The van der Waals surface area contributed by atoms with Crippen molar-refractivity contribution >= 4 is 46.3 Å². The Morgan fingerprint density at radius 1 is 0.248 bits per heavy atom. The lowest BCUT2D eigenvalue weighted by Crippen LogP contribution is -2.29. The summed E-state index contributed by atoms with van der Waals surface area (Å²) in [6.45, 7) is 11.5. The summed E-state index contributed by atoms with van der Waals surface area (Å²) in [6.07, 6.45) is 3.60. The molecule has 4 nitrogen and oxygen atoms in total. The van der Waals surface area contributed by atoms with E-state index in [1.54, 1.807) is 62.4 Å². The highest BCUT2D eigenvalue weighted by molar-refractivity contribution is 5.99. The predicted molar refractivity (Wildman–Crippen MR) is 449 cm³/mol. The van der Waals surface area contributed by atoms with E-state index in [0.29, 0.717) is 34.1 Å². The van der Waals surface area contributed by atoms with E-state index in [9.17, 15) is 0 Å². The Balaban J connectivity index is 0.772. The SMILES string of the molecule is C=Cc1ccc(Oc2ccc(C3(c4ccc(F)cc4)c4ccccc4-c4ccc(N(c5ccc(F)c(C)c5)c5ccc6c(c5)C5(c7ccccc7-6)c6ccccc6-c6ccc(N(c7ccc(F)c(C)c7)c7ccc8c(c7)C(c7ccc(F)cc7)(c7ccc(Oc9ccc(C=C)cc9)cc7)c7ccccc7-8)cc65)cc43)cc2)cc1. The number of aryl methyl sites for hydroxylation is 2. The van der Waals surface area contributed by atoms with Gasteiger partial charge in [-0.25, -0.2) is 17.6 Å². The molecule has 0 radical (unpaired) electrons. The molecule has 20 rings (SSSR count). The molecule has 540 valence electrons. The lowest BCUT2D eigenvalue weighted by molar-refractivity contribution is 0.482. The molecule has 0 aliphatic heterocycles. The third-order valence-electron chi connectivity index (χ3n) is 23.8. The third-order valence-corrected chi connectivity index (χ3v) is 23.8. The minimum absolute atomic E-state index is 0.321. The molecule has 0 aromatic heterocycles. The van der Waals surface area contributed by atoms with Crippen LogP contribution in [0.5, 0.6) is 23.0 Å². The van der Waals surface area contributed by atoms with Gasteiger partial charge in [0.05, 0.1) is 16.2 Å². The quantitative estimate of drug-likeness (QED) is 0.0900. The van der Waals surface area contributed by atoms with Gasteiger partial charge in [-0.05, 0) is 305 Å². The largest absolute Gasteiger partial charge is 0.457 e. The van der Waals surface area contributed by atoms with Gasteiger partial charge >= 0.3 is 0 Å². The minimum Gasteiger partial charge on any atom is -0.457 e. The number of benzene rings is 16. The maximum Gasteiger partial charge on any atom is 0.127 e. The van der Waals surface area contributed by atoms with E-state index in [-0.39, 0.29) is 23.3 Å². The molecule has 0 amide bonds. The van der Waals surface area contributed by atoms with Gasteiger partial charge in [0, 0.05) is 34.1 Å². The van der Waals surface area contributed by atoms with Crippen LogP contribution in [0, 0.1) is 37.1 Å². The summed E-state index contributed by atoms with van der Waals surface area (Å²) < 4.78 is 76.0. The van der Waals surface area contributed by atoms with Crippen LogP contribution in [0.1, 0.15) is 89.0 Å². The van der Waals surface area contributed by atoms with Crippen molar-refractivity contribution in [1.29, 1.82) is 0 Å². The van der Waals surface area contributed by atoms with Crippen LogP contribution < -0.4 is 19.3 Å². The van der Waals surface area contributed by atoms with Gasteiger partial charge in [0.1, 0.15) is 46.3 Å². The van der Waals surface area contributed by atoms with Crippen molar-refractivity contribution in [3.63, 3.8) is 0 Å². The summed E-state index contributed by atoms with van der Waals surface area (Å²) >= 11 is 0. The topological polar surface area (TPSA) is 24.9 Å². The van der Waals surface area contributed by atoms with Gasteiger partial charge in [-0.2, -0.15) is 0 Å². The molecule has 0 saturated heterocycles. The van der Waals surface area contributed by atoms with Gasteiger partial charge in [0.2, 0.25) is 0 Å².